The quantitative estimate of drug-likeness (QED) is 0.215. The fraction of sp³-hybridized carbons (Fsp3) is 0.727. The van der Waals surface area contributed by atoms with Crippen molar-refractivity contribution in [2.45, 2.75) is 154 Å². The van der Waals surface area contributed by atoms with Crippen molar-refractivity contribution in [1.29, 1.82) is 0 Å². The molecule has 4 bridgehead atoms. The Kier molecular flexibility index (Phi) is 14.5. The van der Waals surface area contributed by atoms with Gasteiger partial charge in [-0.15, -0.1) is 7.92 Å². The van der Waals surface area contributed by atoms with Crippen molar-refractivity contribution >= 4 is 33.7 Å². The summed E-state index contributed by atoms with van der Waals surface area (Å²) in [7, 11) is -0.00870. The first kappa shape index (κ1) is 40.2. The van der Waals surface area contributed by atoms with Crippen LogP contribution in [0, 0.1) is 49.4 Å². The third-order valence-electron chi connectivity index (χ3n) is 12.5. The number of phenolic OH excluding ortho intramolecular Hbond substituents is 2. The van der Waals surface area contributed by atoms with Gasteiger partial charge in [-0.1, -0.05) is 83.4 Å². The predicted octanol–water partition coefficient (Wildman–Crippen LogP) is 12.4. The second-order valence-corrected chi connectivity index (χ2v) is 20.1. The van der Waals surface area contributed by atoms with E-state index in [0.29, 0.717) is 11.5 Å². The van der Waals surface area contributed by atoms with Gasteiger partial charge in [0.25, 0.3) is 0 Å². The number of phenols is 2. The molecule has 5 unspecified atom stereocenters. The number of hydrogen-bond acceptors (Lipinski definition) is 2. The van der Waals surface area contributed by atoms with Crippen LogP contribution in [0.3, 0.4) is 0 Å². The van der Waals surface area contributed by atoms with Crippen molar-refractivity contribution in [2.75, 3.05) is 12.8 Å². The van der Waals surface area contributed by atoms with Crippen LogP contribution in [0.2, 0.25) is 4.48 Å². The third-order valence-corrected chi connectivity index (χ3v) is 14.6. The molecule has 0 saturated heterocycles. The molecule has 6 rings (SSSR count). The third kappa shape index (κ3) is 9.24. The molecule has 267 valence electrons. The Hall–Kier alpha value is -0.608. The second-order valence-electron chi connectivity index (χ2n) is 17.6. The molecule has 5 atom stereocenters. The van der Waals surface area contributed by atoms with Gasteiger partial charge in [0, 0.05) is 11.1 Å². The molecular weight excluding hydrogens is 799 g/mol. The fourth-order valence-electron chi connectivity index (χ4n) is 11.7. The first-order valence-electron chi connectivity index (χ1n) is 19.6. The van der Waals surface area contributed by atoms with Crippen LogP contribution in [0.1, 0.15) is 146 Å². The normalized spacial score (nSPS) is 33.1. The maximum absolute atomic E-state index is 11.3. The molecule has 4 heteroatoms. The summed E-state index contributed by atoms with van der Waals surface area (Å²) in [4.78, 5) is 0. The summed E-state index contributed by atoms with van der Waals surface area (Å²) in [6.07, 6.45) is 17.8. The van der Waals surface area contributed by atoms with E-state index in [2.05, 4.69) is 90.8 Å². The van der Waals surface area contributed by atoms with Crippen LogP contribution in [0.15, 0.2) is 24.3 Å². The van der Waals surface area contributed by atoms with E-state index < -0.39 is 0 Å². The molecule has 48 heavy (non-hydrogen) atoms. The zero-order valence-electron chi connectivity index (χ0n) is 32.5. The molecule has 4 aliphatic carbocycles. The van der Waals surface area contributed by atoms with Crippen LogP contribution in [-0.2, 0) is 23.4 Å². The van der Waals surface area contributed by atoms with E-state index in [1.807, 2.05) is 0 Å². The minimum atomic E-state index is -0.00870. The number of rotatable bonds is 7. The van der Waals surface area contributed by atoms with E-state index in [-0.39, 0.29) is 18.8 Å². The van der Waals surface area contributed by atoms with Crippen molar-refractivity contribution < 1.29 is 10.2 Å². The summed E-state index contributed by atoms with van der Waals surface area (Å²) in [6, 6.07) is 9.01. The van der Waals surface area contributed by atoms with E-state index >= 15 is 0 Å². The van der Waals surface area contributed by atoms with Crippen LogP contribution in [-0.4, -0.2) is 48.8 Å². The molecule has 2 nitrogen and oxygen atoms in total. The average Bonchev–Trinajstić information content (AvgIpc) is 2.99. The van der Waals surface area contributed by atoms with Gasteiger partial charge < -0.3 is 10.2 Å². The van der Waals surface area contributed by atoms with E-state index in [1.54, 1.807) is 0 Å². The van der Waals surface area contributed by atoms with Gasteiger partial charge in [0.15, 0.2) is 0 Å². The molecule has 0 aliphatic heterocycles. The molecule has 4 fully saturated rings. The van der Waals surface area contributed by atoms with Crippen molar-refractivity contribution in [1.82, 2.24) is 0 Å². The Morgan fingerprint density at radius 1 is 0.646 bits per heavy atom. The number of fused-ring (bicyclic) bond motifs is 4. The number of hydrogen-bond donors (Lipinski definition) is 2. The van der Waals surface area contributed by atoms with Crippen molar-refractivity contribution in [3.63, 3.8) is 0 Å². The molecule has 0 spiro atoms. The van der Waals surface area contributed by atoms with Gasteiger partial charge in [-0.2, -0.15) is 0 Å². The summed E-state index contributed by atoms with van der Waals surface area (Å²) in [6.45, 7) is 20.9. The van der Waals surface area contributed by atoms with Gasteiger partial charge in [0.2, 0.25) is 0 Å². The molecule has 2 N–H and O–H groups in total. The molecule has 0 heterocycles. The van der Waals surface area contributed by atoms with E-state index in [4.69, 9.17) is 0 Å². The van der Waals surface area contributed by atoms with Crippen molar-refractivity contribution in [2.24, 2.45) is 35.5 Å². The van der Waals surface area contributed by atoms with Gasteiger partial charge in [-0.3, -0.25) is 0 Å². The molecule has 3 radical (unpaired) electrons. The predicted molar refractivity (Wildman–Crippen MR) is 212 cm³/mol. The molecular formula is C44H70O2PPb. The Morgan fingerprint density at radius 2 is 1.02 bits per heavy atom. The summed E-state index contributed by atoms with van der Waals surface area (Å²) >= 11 is 1.31. The summed E-state index contributed by atoms with van der Waals surface area (Å²) < 4.78 is 2.14. The van der Waals surface area contributed by atoms with Crippen LogP contribution >= 0.6 is 7.92 Å². The van der Waals surface area contributed by atoms with Crippen molar-refractivity contribution in [3.8, 4) is 11.5 Å². The number of benzene rings is 2. The topological polar surface area (TPSA) is 40.5 Å². The van der Waals surface area contributed by atoms with Gasteiger partial charge in [0.05, 0.1) is 0 Å². The Bertz CT molecular complexity index is 1310. The second kappa shape index (κ2) is 17.3. The standard InChI is InChI=1S/C23H37OP.C20H30O.CH3.Pb/c1-6-7-25(5)15-20-10-16(2)11-21(22(20)24)23-12-17(3)8-19(14-23)9-18(4)13-23;1-5-17-8-13(2)9-18(19(17)21)20-10-14(3)6-16(12-20)7-15(4)11-20;;/h10-11,17-19,24H,6-9,12-15H2,1-5H3;8-9,14-16,21H,5-7,10-12H2,1-4H3;1H3;. The minimum absolute atomic E-state index is 0.00870. The Balaban J connectivity index is 0.000000209. The monoisotopic (exact) mass is 869 g/mol. The maximum atomic E-state index is 11.3. The molecule has 2 aromatic carbocycles. The van der Waals surface area contributed by atoms with Crippen LogP contribution < -0.4 is 0 Å². The first-order valence-corrected chi connectivity index (χ1v) is 25.7. The molecule has 4 aliphatic rings. The van der Waals surface area contributed by atoms with Crippen LogP contribution in [0.4, 0.5) is 0 Å². The number of aromatic hydroxyl groups is 2. The van der Waals surface area contributed by atoms with Gasteiger partial charge >= 0.3 is 30.3 Å². The molecule has 0 amide bonds. The zero-order chi connectivity index (χ0) is 35.4. The SMILES string of the molecule is CCCP(C)Cc1cc(C)cc(C23CC(C)CC(CC(C)C2)C3)c1O.CCc1cc(C)cc(C23CC(C)CC(CC(C)C2)C3)c1O.[CH3][Pb]. The van der Waals surface area contributed by atoms with E-state index in [9.17, 15) is 10.2 Å². The Morgan fingerprint density at radius 3 is 1.40 bits per heavy atom. The molecule has 2 aromatic rings. The van der Waals surface area contributed by atoms with Crippen LogP contribution in [0.25, 0.3) is 0 Å². The average molecular weight is 869 g/mol. The first-order chi connectivity index (χ1) is 22.8. The fourth-order valence-corrected chi connectivity index (χ4v) is 13.5. The number of aryl methyl sites for hydroxylation is 3. The molecule has 0 aromatic heterocycles. The van der Waals surface area contributed by atoms with Gasteiger partial charge in [0.1, 0.15) is 11.5 Å². The van der Waals surface area contributed by atoms with Crippen molar-refractivity contribution in [3.05, 3.63) is 57.6 Å². The zero-order valence-corrected chi connectivity index (χ0v) is 37.3. The summed E-state index contributed by atoms with van der Waals surface area (Å²) in [5.41, 5.74) is 8.03. The van der Waals surface area contributed by atoms with E-state index in [1.165, 1.54) is 130 Å². The van der Waals surface area contributed by atoms with Gasteiger partial charge in [-0.25, -0.2) is 0 Å². The van der Waals surface area contributed by atoms with E-state index in [0.717, 1.165) is 53.7 Å². The summed E-state index contributed by atoms with van der Waals surface area (Å²) in [5, 5.41) is 22.1. The molecule has 4 saturated carbocycles. The summed E-state index contributed by atoms with van der Waals surface area (Å²) in [5.74, 6) is 6.14. The van der Waals surface area contributed by atoms with Gasteiger partial charge in [-0.05, 0) is 161 Å². The Labute approximate surface area is 313 Å². The van der Waals surface area contributed by atoms with Crippen LogP contribution in [0.5, 0.6) is 11.5 Å².